The lowest BCUT2D eigenvalue weighted by molar-refractivity contribution is -0.123. The lowest BCUT2D eigenvalue weighted by Crippen LogP contribution is -2.41. The topological polar surface area (TPSA) is 113 Å². The van der Waals surface area contributed by atoms with Gasteiger partial charge < -0.3 is 20.7 Å². The highest BCUT2D eigenvalue weighted by atomic mass is 16.5. The number of benzene rings is 2. The van der Waals surface area contributed by atoms with Crippen LogP contribution in [0.25, 0.3) is 11.1 Å². The Labute approximate surface area is 216 Å². The van der Waals surface area contributed by atoms with E-state index in [0.717, 1.165) is 35.2 Å². The maximum absolute atomic E-state index is 13.1. The molecule has 0 fully saturated rings. The first-order valence-corrected chi connectivity index (χ1v) is 12.3. The Kier molecular flexibility index (Phi) is 8.02. The third kappa shape index (κ3) is 6.43. The number of carbonyl (C=O) groups excluding carboxylic acids is 3. The van der Waals surface area contributed by atoms with Crippen molar-refractivity contribution in [2.24, 2.45) is 0 Å². The largest absolute Gasteiger partial charge is 0.468 e. The number of carbonyl (C=O) groups is 3. The predicted octanol–water partition coefficient (Wildman–Crippen LogP) is 4.00. The van der Waals surface area contributed by atoms with Gasteiger partial charge in [-0.25, -0.2) is 9.78 Å². The fourth-order valence-electron chi connectivity index (χ4n) is 4.21. The predicted molar refractivity (Wildman–Crippen MR) is 143 cm³/mol. The average molecular weight is 502 g/mol. The van der Waals surface area contributed by atoms with Crippen LogP contribution in [0.3, 0.4) is 0 Å². The summed E-state index contributed by atoms with van der Waals surface area (Å²) in [6.45, 7) is 4.26. The lowest BCUT2D eigenvalue weighted by atomic mass is 10.0. The minimum Gasteiger partial charge on any atom is -0.468 e. The van der Waals surface area contributed by atoms with Crippen molar-refractivity contribution < 1.29 is 19.1 Å². The number of rotatable bonds is 7. The van der Waals surface area contributed by atoms with Gasteiger partial charge in [0.15, 0.2) is 6.61 Å². The fraction of sp³-hybridized carbons (Fsp3) is 0.286. The monoisotopic (exact) mass is 501 g/mol. The van der Waals surface area contributed by atoms with Crippen LogP contribution < -0.4 is 25.6 Å². The van der Waals surface area contributed by atoms with Gasteiger partial charge in [-0.05, 0) is 73.7 Å². The molecule has 192 valence electrons. The lowest BCUT2D eigenvalue weighted by Gasteiger charge is -2.29. The van der Waals surface area contributed by atoms with Crippen molar-refractivity contribution >= 4 is 29.2 Å². The van der Waals surface area contributed by atoms with Gasteiger partial charge >= 0.3 is 6.03 Å². The molecule has 1 aliphatic rings. The van der Waals surface area contributed by atoms with E-state index in [1.165, 1.54) is 0 Å². The molecular weight excluding hydrogens is 470 g/mol. The number of pyridine rings is 1. The molecule has 0 radical (unpaired) electrons. The molecular formula is C28H31N5O4. The van der Waals surface area contributed by atoms with E-state index >= 15 is 0 Å². The Morgan fingerprint density at radius 3 is 2.65 bits per heavy atom. The number of ether oxygens (including phenoxy) is 1. The van der Waals surface area contributed by atoms with Gasteiger partial charge in [-0.2, -0.15) is 0 Å². The number of aromatic nitrogens is 1. The summed E-state index contributed by atoms with van der Waals surface area (Å²) in [4.78, 5) is 43.1. The molecule has 0 bridgehead atoms. The Bertz CT molecular complexity index is 1310. The molecule has 0 unspecified atom stereocenters. The summed E-state index contributed by atoms with van der Waals surface area (Å²) in [6.07, 6.45) is 3.38. The number of amides is 4. The maximum atomic E-state index is 13.1. The number of anilines is 2. The van der Waals surface area contributed by atoms with E-state index < -0.39 is 0 Å². The highest BCUT2D eigenvalue weighted by Crippen LogP contribution is 2.30. The van der Waals surface area contributed by atoms with E-state index in [4.69, 9.17) is 4.74 Å². The van der Waals surface area contributed by atoms with E-state index in [-0.39, 0.29) is 30.5 Å². The van der Waals surface area contributed by atoms with Crippen molar-refractivity contribution in [1.29, 1.82) is 0 Å². The molecule has 0 aliphatic carbocycles. The highest BCUT2D eigenvalue weighted by Gasteiger charge is 2.22. The van der Waals surface area contributed by atoms with E-state index in [0.29, 0.717) is 23.7 Å². The second-order valence-electron chi connectivity index (χ2n) is 9.08. The van der Waals surface area contributed by atoms with Gasteiger partial charge in [-0.1, -0.05) is 18.2 Å². The van der Waals surface area contributed by atoms with E-state index in [1.807, 2.05) is 50.2 Å². The summed E-state index contributed by atoms with van der Waals surface area (Å²) in [5.41, 5.74) is 4.59. The number of hydrogen-bond donors (Lipinski definition) is 3. The molecule has 3 aromatic rings. The molecule has 2 aromatic carbocycles. The Morgan fingerprint density at radius 1 is 1.05 bits per heavy atom. The SMILES string of the molecule is CNC(=O)N1CCCc2ccc(NC(=O)c3cccc(-c4ccnc(OCC(=O)NC(C)C)c4)c3)cc21. The normalized spacial score (nSPS) is 12.5. The van der Waals surface area contributed by atoms with Crippen molar-refractivity contribution in [1.82, 2.24) is 15.6 Å². The molecule has 0 saturated carbocycles. The first kappa shape index (κ1) is 25.7. The summed E-state index contributed by atoms with van der Waals surface area (Å²) in [5.74, 6) is -0.164. The van der Waals surface area contributed by atoms with E-state index in [1.54, 1.807) is 36.3 Å². The molecule has 0 saturated heterocycles. The van der Waals surface area contributed by atoms with E-state index in [9.17, 15) is 14.4 Å². The van der Waals surface area contributed by atoms with Crippen LogP contribution in [0.4, 0.5) is 16.2 Å². The third-order valence-corrected chi connectivity index (χ3v) is 5.91. The smallest absolute Gasteiger partial charge is 0.321 e. The zero-order chi connectivity index (χ0) is 26.4. The quantitative estimate of drug-likeness (QED) is 0.453. The fourth-order valence-corrected chi connectivity index (χ4v) is 4.21. The van der Waals surface area contributed by atoms with Crippen LogP contribution in [0, 0.1) is 0 Å². The first-order chi connectivity index (χ1) is 17.8. The second-order valence-corrected chi connectivity index (χ2v) is 9.08. The maximum Gasteiger partial charge on any atom is 0.321 e. The van der Waals surface area contributed by atoms with Crippen LogP contribution in [-0.2, 0) is 11.2 Å². The van der Waals surface area contributed by atoms with Gasteiger partial charge in [0.25, 0.3) is 11.8 Å². The molecule has 1 aliphatic heterocycles. The summed E-state index contributed by atoms with van der Waals surface area (Å²) in [5, 5.41) is 8.39. The molecule has 4 amide bonds. The van der Waals surface area contributed by atoms with Crippen molar-refractivity contribution in [2.75, 3.05) is 30.4 Å². The number of fused-ring (bicyclic) bond motifs is 1. The number of hydrogen-bond acceptors (Lipinski definition) is 5. The third-order valence-electron chi connectivity index (χ3n) is 5.91. The van der Waals surface area contributed by atoms with Crippen LogP contribution in [0.15, 0.2) is 60.8 Å². The van der Waals surface area contributed by atoms with Crippen molar-refractivity contribution in [3.05, 3.63) is 71.9 Å². The van der Waals surface area contributed by atoms with Crippen molar-refractivity contribution in [3.63, 3.8) is 0 Å². The molecule has 0 atom stereocenters. The standard InChI is InChI=1S/C28H31N5O4/c1-18(2)31-25(34)17-37-26-15-21(11-12-30-26)20-6-4-7-22(14-20)27(35)32-23-10-9-19-8-5-13-33(24(19)16-23)28(36)29-3/h4,6-7,9-12,14-16,18H,5,8,13,17H2,1-3H3,(H,29,36)(H,31,34)(H,32,35). The summed E-state index contributed by atoms with van der Waals surface area (Å²) < 4.78 is 5.53. The average Bonchev–Trinajstić information content (AvgIpc) is 2.91. The molecule has 3 N–H and O–H groups in total. The minimum absolute atomic E-state index is 0.0281. The highest BCUT2D eigenvalue weighted by molar-refractivity contribution is 6.05. The van der Waals surface area contributed by atoms with Gasteiger partial charge in [0.2, 0.25) is 5.88 Å². The van der Waals surface area contributed by atoms with Crippen molar-refractivity contribution in [2.45, 2.75) is 32.7 Å². The van der Waals surface area contributed by atoms with Gasteiger partial charge in [-0.3, -0.25) is 14.5 Å². The summed E-state index contributed by atoms with van der Waals surface area (Å²) in [6, 6.07) is 16.3. The number of nitrogens with zero attached hydrogens (tertiary/aromatic N) is 2. The zero-order valence-corrected chi connectivity index (χ0v) is 21.2. The van der Waals surface area contributed by atoms with Crippen LogP contribution in [-0.4, -0.2) is 49.1 Å². The van der Waals surface area contributed by atoms with Gasteiger partial charge in [0.05, 0.1) is 5.69 Å². The van der Waals surface area contributed by atoms with Crippen LogP contribution in [0.2, 0.25) is 0 Å². The molecule has 2 heterocycles. The molecule has 9 nitrogen and oxygen atoms in total. The summed E-state index contributed by atoms with van der Waals surface area (Å²) >= 11 is 0. The molecule has 0 spiro atoms. The Hall–Kier alpha value is -4.40. The van der Waals surface area contributed by atoms with Crippen LogP contribution >= 0.6 is 0 Å². The molecule has 1 aromatic heterocycles. The number of aryl methyl sites for hydroxylation is 1. The van der Waals surface area contributed by atoms with Gasteiger partial charge in [0.1, 0.15) is 0 Å². The first-order valence-electron chi connectivity index (χ1n) is 12.3. The number of urea groups is 1. The van der Waals surface area contributed by atoms with E-state index in [2.05, 4.69) is 20.9 Å². The Balaban J connectivity index is 1.48. The van der Waals surface area contributed by atoms with Gasteiger partial charge in [-0.15, -0.1) is 0 Å². The van der Waals surface area contributed by atoms with Crippen LogP contribution in [0.1, 0.15) is 36.2 Å². The van der Waals surface area contributed by atoms with Gasteiger partial charge in [0, 0.05) is 43.1 Å². The Morgan fingerprint density at radius 2 is 1.86 bits per heavy atom. The zero-order valence-electron chi connectivity index (χ0n) is 21.2. The number of nitrogens with one attached hydrogen (secondary N) is 3. The van der Waals surface area contributed by atoms with Crippen molar-refractivity contribution in [3.8, 4) is 17.0 Å². The molecule has 4 rings (SSSR count). The molecule has 37 heavy (non-hydrogen) atoms. The second kappa shape index (κ2) is 11.6. The van der Waals surface area contributed by atoms with Crippen LogP contribution in [0.5, 0.6) is 5.88 Å². The minimum atomic E-state index is -0.264. The summed E-state index contributed by atoms with van der Waals surface area (Å²) in [7, 11) is 1.61. The molecule has 9 heteroatoms.